The molecule has 1 heterocycles. The van der Waals surface area contributed by atoms with Gasteiger partial charge in [0.15, 0.2) is 0 Å². The monoisotopic (exact) mass is 241 g/mol. The van der Waals surface area contributed by atoms with Gasteiger partial charge in [-0.05, 0) is 46.0 Å². The Hall–Kier alpha value is -0.610. The van der Waals surface area contributed by atoms with Gasteiger partial charge >= 0.3 is 5.97 Å². The fraction of sp³-hybridized carbons (Fsp3) is 0.923. The first-order chi connectivity index (χ1) is 7.82. The van der Waals surface area contributed by atoms with Gasteiger partial charge in [-0.3, -0.25) is 4.79 Å². The molecule has 0 spiro atoms. The molecule has 2 fully saturated rings. The predicted octanol–water partition coefficient (Wildman–Crippen LogP) is 1.08. The summed E-state index contributed by atoms with van der Waals surface area (Å²) in [5.41, 5.74) is -0.843. The molecular weight excluding hydrogens is 218 g/mol. The van der Waals surface area contributed by atoms with Gasteiger partial charge in [-0.2, -0.15) is 0 Å². The third kappa shape index (κ3) is 2.63. The molecule has 1 saturated carbocycles. The van der Waals surface area contributed by atoms with E-state index in [0.717, 1.165) is 19.4 Å². The highest BCUT2D eigenvalue weighted by Gasteiger charge is 2.49. The molecule has 0 unspecified atom stereocenters. The van der Waals surface area contributed by atoms with Crippen molar-refractivity contribution in [3.05, 3.63) is 0 Å². The summed E-state index contributed by atoms with van der Waals surface area (Å²) in [4.78, 5) is 12.3. The molecule has 2 rings (SSSR count). The minimum absolute atomic E-state index is 0.103. The molecule has 0 aromatic heterocycles. The number of nitrogens with one attached hydrogen (secondary N) is 1. The van der Waals surface area contributed by atoms with E-state index in [-0.39, 0.29) is 18.0 Å². The van der Waals surface area contributed by atoms with Crippen LogP contribution in [0.4, 0.5) is 0 Å². The van der Waals surface area contributed by atoms with E-state index in [9.17, 15) is 9.90 Å². The molecule has 1 saturated heterocycles. The van der Waals surface area contributed by atoms with E-state index in [1.807, 2.05) is 20.8 Å². The largest absolute Gasteiger partial charge is 0.460 e. The summed E-state index contributed by atoms with van der Waals surface area (Å²) in [5, 5.41) is 13.1. The molecule has 0 aromatic carbocycles. The summed E-state index contributed by atoms with van der Waals surface area (Å²) in [6.07, 6.45) is 1.94. The third-order valence-corrected chi connectivity index (χ3v) is 3.82. The first-order valence-corrected chi connectivity index (χ1v) is 6.45. The average Bonchev–Trinajstić information content (AvgIpc) is 2.22. The fourth-order valence-electron chi connectivity index (χ4n) is 2.91. The number of fused-ring (bicyclic) bond motifs is 2. The lowest BCUT2D eigenvalue weighted by Crippen LogP contribution is -2.56. The van der Waals surface area contributed by atoms with Crippen molar-refractivity contribution in [2.75, 3.05) is 13.1 Å². The molecule has 1 aliphatic carbocycles. The van der Waals surface area contributed by atoms with Gasteiger partial charge < -0.3 is 15.2 Å². The number of piperidine rings is 1. The van der Waals surface area contributed by atoms with E-state index >= 15 is 0 Å². The van der Waals surface area contributed by atoms with Crippen LogP contribution in [0, 0.1) is 11.3 Å². The lowest BCUT2D eigenvalue weighted by molar-refractivity contribution is -0.174. The Morgan fingerprint density at radius 2 is 2.18 bits per heavy atom. The van der Waals surface area contributed by atoms with E-state index in [4.69, 9.17) is 4.74 Å². The van der Waals surface area contributed by atoms with Crippen LogP contribution in [-0.2, 0) is 9.53 Å². The number of carbonyl (C=O) groups is 1. The highest BCUT2D eigenvalue weighted by molar-refractivity contribution is 5.78. The lowest BCUT2D eigenvalue weighted by Gasteiger charge is -2.46. The molecule has 4 nitrogen and oxygen atoms in total. The summed E-state index contributed by atoms with van der Waals surface area (Å²) in [6.45, 7) is 7.18. The minimum Gasteiger partial charge on any atom is -0.460 e. The summed E-state index contributed by atoms with van der Waals surface area (Å²) in [7, 11) is 0. The molecule has 0 amide bonds. The minimum atomic E-state index is -0.436. The van der Waals surface area contributed by atoms with Crippen LogP contribution in [0.2, 0.25) is 0 Å². The molecule has 2 N–H and O–H groups in total. The number of ether oxygens (including phenoxy) is 1. The van der Waals surface area contributed by atoms with E-state index in [0.29, 0.717) is 13.0 Å². The first-order valence-electron chi connectivity index (χ1n) is 6.45. The number of esters is 1. The first kappa shape index (κ1) is 12.8. The van der Waals surface area contributed by atoms with E-state index in [2.05, 4.69) is 5.32 Å². The molecule has 2 aliphatic rings. The van der Waals surface area contributed by atoms with Crippen LogP contribution in [0.25, 0.3) is 0 Å². The Labute approximate surface area is 103 Å². The van der Waals surface area contributed by atoms with E-state index < -0.39 is 11.0 Å². The topological polar surface area (TPSA) is 58.6 Å². The molecule has 0 radical (unpaired) electrons. The number of hydrogen-bond donors (Lipinski definition) is 2. The fourth-order valence-corrected chi connectivity index (χ4v) is 2.91. The van der Waals surface area contributed by atoms with Gasteiger partial charge in [0.2, 0.25) is 0 Å². The van der Waals surface area contributed by atoms with E-state index in [1.165, 1.54) is 0 Å². The molecule has 3 atom stereocenters. The van der Waals surface area contributed by atoms with Crippen molar-refractivity contribution in [1.29, 1.82) is 0 Å². The van der Waals surface area contributed by atoms with Crippen molar-refractivity contribution in [2.24, 2.45) is 11.3 Å². The van der Waals surface area contributed by atoms with Crippen molar-refractivity contribution >= 4 is 5.97 Å². The van der Waals surface area contributed by atoms with Crippen LogP contribution in [0.15, 0.2) is 0 Å². The normalized spacial score (nSPS) is 37.6. The highest BCUT2D eigenvalue weighted by Crippen LogP contribution is 2.43. The van der Waals surface area contributed by atoms with Crippen LogP contribution in [0.1, 0.15) is 40.0 Å². The molecule has 98 valence electrons. The Balaban J connectivity index is 2.10. The van der Waals surface area contributed by atoms with Crippen molar-refractivity contribution < 1.29 is 14.6 Å². The van der Waals surface area contributed by atoms with Crippen LogP contribution < -0.4 is 5.32 Å². The molecule has 2 bridgehead atoms. The summed E-state index contributed by atoms with van der Waals surface area (Å²) in [5.74, 6) is 0.0964. The summed E-state index contributed by atoms with van der Waals surface area (Å²) < 4.78 is 5.53. The van der Waals surface area contributed by atoms with Gasteiger partial charge in [-0.25, -0.2) is 0 Å². The van der Waals surface area contributed by atoms with Crippen molar-refractivity contribution in [3.8, 4) is 0 Å². The van der Waals surface area contributed by atoms with Gasteiger partial charge in [0.25, 0.3) is 0 Å². The third-order valence-electron chi connectivity index (χ3n) is 3.82. The number of rotatable bonds is 1. The van der Waals surface area contributed by atoms with Crippen molar-refractivity contribution in [3.63, 3.8) is 0 Å². The second-order valence-corrected chi connectivity index (χ2v) is 6.48. The number of aliphatic hydroxyl groups is 1. The van der Waals surface area contributed by atoms with Gasteiger partial charge in [-0.1, -0.05) is 0 Å². The second kappa shape index (κ2) is 4.25. The molecular formula is C13H23NO3. The zero-order valence-electron chi connectivity index (χ0n) is 11.0. The Bertz CT molecular complexity index is 310. The molecule has 4 heteroatoms. The molecule has 0 aromatic rings. The summed E-state index contributed by atoms with van der Waals surface area (Å²) >= 11 is 0. The smallest absolute Gasteiger partial charge is 0.313 e. The second-order valence-electron chi connectivity index (χ2n) is 6.48. The maximum atomic E-state index is 12.3. The maximum Gasteiger partial charge on any atom is 0.313 e. The van der Waals surface area contributed by atoms with Crippen LogP contribution >= 0.6 is 0 Å². The van der Waals surface area contributed by atoms with E-state index in [1.54, 1.807) is 0 Å². The van der Waals surface area contributed by atoms with Crippen LogP contribution in [-0.4, -0.2) is 35.9 Å². The van der Waals surface area contributed by atoms with Crippen molar-refractivity contribution in [1.82, 2.24) is 5.32 Å². The van der Waals surface area contributed by atoms with Gasteiger partial charge in [0, 0.05) is 13.1 Å². The highest BCUT2D eigenvalue weighted by atomic mass is 16.6. The SMILES string of the molecule is CC(C)(C)OC(=O)[C@]12CC[C@H](O)[C@H](CNC1)C2. The zero-order chi connectivity index (χ0) is 12.7. The average molecular weight is 241 g/mol. The maximum absolute atomic E-state index is 12.3. The summed E-state index contributed by atoms with van der Waals surface area (Å²) in [6, 6.07) is 0. The Morgan fingerprint density at radius 3 is 2.82 bits per heavy atom. The standard InChI is InChI=1S/C13H23NO3/c1-12(2,3)17-11(16)13-5-4-10(15)9(6-13)7-14-8-13/h9-10,14-15H,4-8H2,1-3H3/t9-,10-,13-/m0/s1. The number of aliphatic hydroxyl groups excluding tert-OH is 1. The molecule has 17 heavy (non-hydrogen) atoms. The predicted molar refractivity (Wildman–Crippen MR) is 64.5 cm³/mol. The van der Waals surface area contributed by atoms with Gasteiger partial charge in [0.05, 0.1) is 11.5 Å². The Morgan fingerprint density at radius 1 is 1.47 bits per heavy atom. The number of carbonyl (C=O) groups excluding carboxylic acids is 1. The lowest BCUT2D eigenvalue weighted by atomic mass is 9.66. The van der Waals surface area contributed by atoms with Crippen LogP contribution in [0.5, 0.6) is 0 Å². The van der Waals surface area contributed by atoms with Gasteiger partial charge in [0.1, 0.15) is 5.60 Å². The van der Waals surface area contributed by atoms with Gasteiger partial charge in [-0.15, -0.1) is 0 Å². The zero-order valence-corrected chi connectivity index (χ0v) is 11.0. The van der Waals surface area contributed by atoms with Crippen molar-refractivity contribution in [2.45, 2.75) is 51.7 Å². The quantitative estimate of drug-likeness (QED) is 0.674. The Kier molecular flexibility index (Phi) is 3.21. The number of hydrogen-bond acceptors (Lipinski definition) is 4. The molecule has 1 aliphatic heterocycles. The van der Waals surface area contributed by atoms with Crippen LogP contribution in [0.3, 0.4) is 0 Å².